The van der Waals surface area contributed by atoms with Gasteiger partial charge in [-0.05, 0) is 31.0 Å². The van der Waals surface area contributed by atoms with Crippen molar-refractivity contribution in [2.75, 3.05) is 13.1 Å². The van der Waals surface area contributed by atoms with Gasteiger partial charge in [0.15, 0.2) is 5.78 Å². The number of halogens is 1. The number of fused-ring (bicyclic) bond motifs is 1. The number of likely N-dealkylation sites (tertiary alicyclic amines) is 1. The Kier molecular flexibility index (Phi) is 4.28. The Bertz CT molecular complexity index is 1080. The molecule has 1 aromatic carbocycles. The zero-order valence-corrected chi connectivity index (χ0v) is 16.6. The van der Waals surface area contributed by atoms with E-state index in [1.165, 1.54) is 0 Å². The van der Waals surface area contributed by atoms with Gasteiger partial charge in [-0.2, -0.15) is 5.26 Å². The topological polar surface area (TPSA) is 74.1 Å². The number of allylic oxidation sites excluding steroid dienone is 1. The highest BCUT2D eigenvalue weighted by Crippen LogP contribution is 2.48. The molecule has 1 saturated heterocycles. The van der Waals surface area contributed by atoms with E-state index in [1.807, 2.05) is 32.0 Å². The Morgan fingerprint density at radius 2 is 2.11 bits per heavy atom. The predicted molar refractivity (Wildman–Crippen MR) is 107 cm³/mol. The number of carbonyl (C=O) groups excluding carboxylic acids is 2. The first-order valence-electron chi connectivity index (χ1n) is 9.25. The summed E-state index contributed by atoms with van der Waals surface area (Å²) >= 11 is 6.00. The van der Waals surface area contributed by atoms with Crippen LogP contribution in [0.25, 0.3) is 10.9 Å². The fraction of sp³-hybridized carbons (Fsp3) is 0.364. The number of aromatic nitrogens is 1. The summed E-state index contributed by atoms with van der Waals surface area (Å²) in [5.74, 6) is -0.189. The fourth-order valence-corrected chi connectivity index (χ4v) is 4.72. The van der Waals surface area contributed by atoms with E-state index in [2.05, 4.69) is 4.98 Å². The van der Waals surface area contributed by atoms with Crippen molar-refractivity contribution in [1.29, 1.82) is 5.26 Å². The van der Waals surface area contributed by atoms with Crippen LogP contribution in [-0.4, -0.2) is 34.7 Å². The molecule has 2 aromatic rings. The van der Waals surface area contributed by atoms with Gasteiger partial charge in [0.1, 0.15) is 6.07 Å². The van der Waals surface area contributed by atoms with E-state index in [-0.39, 0.29) is 22.7 Å². The highest BCUT2D eigenvalue weighted by molar-refractivity contribution is 6.31. The van der Waals surface area contributed by atoms with E-state index in [0.29, 0.717) is 30.1 Å². The third kappa shape index (κ3) is 3.08. The smallest absolute Gasteiger partial charge is 0.255 e. The molecular weight excluding hydrogens is 374 g/mol. The summed E-state index contributed by atoms with van der Waals surface area (Å²) in [6, 6.07) is 9.28. The van der Waals surface area contributed by atoms with E-state index in [4.69, 9.17) is 11.6 Å². The van der Waals surface area contributed by atoms with Crippen molar-refractivity contribution in [3.05, 3.63) is 52.7 Å². The molecule has 1 fully saturated rings. The Hall–Kier alpha value is -2.71. The Balaban J connectivity index is 1.61. The molecule has 0 radical (unpaired) electrons. The Morgan fingerprint density at radius 3 is 2.86 bits per heavy atom. The van der Waals surface area contributed by atoms with Crippen LogP contribution in [0.15, 0.2) is 42.1 Å². The molecule has 1 atom stereocenters. The van der Waals surface area contributed by atoms with E-state index < -0.39 is 5.41 Å². The lowest BCUT2D eigenvalue weighted by molar-refractivity contribution is -0.125. The largest absolute Gasteiger partial charge is 0.338 e. The summed E-state index contributed by atoms with van der Waals surface area (Å²) in [5, 5.41) is 10.8. The number of amides is 1. The molecule has 28 heavy (non-hydrogen) atoms. The summed E-state index contributed by atoms with van der Waals surface area (Å²) in [7, 11) is 0. The molecular formula is C22H20ClN3O2. The first-order valence-corrected chi connectivity index (χ1v) is 9.63. The molecule has 1 aromatic heterocycles. The molecule has 1 spiro atoms. The summed E-state index contributed by atoms with van der Waals surface area (Å²) in [5.41, 5.74) is 0.576. The maximum atomic E-state index is 13.1. The van der Waals surface area contributed by atoms with Gasteiger partial charge in [0, 0.05) is 40.5 Å². The van der Waals surface area contributed by atoms with Crippen molar-refractivity contribution in [3.63, 3.8) is 0 Å². The summed E-state index contributed by atoms with van der Waals surface area (Å²) < 4.78 is 0. The molecule has 6 heteroatoms. The van der Waals surface area contributed by atoms with E-state index in [9.17, 15) is 14.9 Å². The van der Waals surface area contributed by atoms with Crippen molar-refractivity contribution in [2.45, 2.75) is 26.7 Å². The summed E-state index contributed by atoms with van der Waals surface area (Å²) in [6.07, 6.45) is 4.77. The number of ketones is 1. The first-order chi connectivity index (χ1) is 13.2. The van der Waals surface area contributed by atoms with Crippen LogP contribution in [0.4, 0.5) is 0 Å². The average molecular weight is 394 g/mol. The monoisotopic (exact) mass is 393 g/mol. The molecule has 1 amide bonds. The van der Waals surface area contributed by atoms with Gasteiger partial charge in [-0.25, -0.2) is 0 Å². The van der Waals surface area contributed by atoms with E-state index in [1.54, 1.807) is 29.3 Å². The van der Waals surface area contributed by atoms with E-state index in [0.717, 1.165) is 17.3 Å². The van der Waals surface area contributed by atoms with Gasteiger partial charge in [0.05, 0.1) is 16.7 Å². The Labute approximate surface area is 168 Å². The maximum absolute atomic E-state index is 13.1. The molecule has 5 nitrogen and oxygen atoms in total. The molecule has 4 rings (SSSR count). The lowest BCUT2D eigenvalue weighted by Gasteiger charge is -2.38. The molecule has 0 saturated carbocycles. The molecule has 2 aliphatic rings. The van der Waals surface area contributed by atoms with Gasteiger partial charge >= 0.3 is 0 Å². The number of carbonyl (C=O) groups is 2. The van der Waals surface area contributed by atoms with Crippen LogP contribution in [0.5, 0.6) is 0 Å². The van der Waals surface area contributed by atoms with Crippen molar-refractivity contribution in [3.8, 4) is 6.07 Å². The number of benzene rings is 1. The van der Waals surface area contributed by atoms with Crippen molar-refractivity contribution < 1.29 is 9.59 Å². The zero-order chi connectivity index (χ0) is 20.1. The molecule has 2 heterocycles. The number of nitriles is 1. The number of rotatable bonds is 1. The number of nitrogens with zero attached hydrogens (tertiary/aromatic N) is 3. The van der Waals surface area contributed by atoms with Gasteiger partial charge in [0.2, 0.25) is 0 Å². The van der Waals surface area contributed by atoms with Crippen LogP contribution < -0.4 is 0 Å². The molecule has 0 N–H and O–H groups in total. The number of hydrogen-bond donors (Lipinski definition) is 0. The molecule has 142 valence electrons. The van der Waals surface area contributed by atoms with Crippen LogP contribution in [0.2, 0.25) is 5.02 Å². The molecule has 0 unspecified atom stereocenters. The van der Waals surface area contributed by atoms with Gasteiger partial charge in [-0.15, -0.1) is 0 Å². The number of Topliss-reactive ketones (excluding diaryl/α,β-unsaturated/α-hetero) is 1. The van der Waals surface area contributed by atoms with Crippen LogP contribution in [0, 0.1) is 22.2 Å². The van der Waals surface area contributed by atoms with Crippen LogP contribution in [-0.2, 0) is 4.79 Å². The third-order valence-electron chi connectivity index (χ3n) is 5.79. The van der Waals surface area contributed by atoms with Crippen LogP contribution >= 0.6 is 11.6 Å². The zero-order valence-electron chi connectivity index (χ0n) is 15.8. The normalized spacial score (nSPS) is 23.7. The van der Waals surface area contributed by atoms with Crippen molar-refractivity contribution in [1.82, 2.24) is 9.88 Å². The standard InChI is InChI=1S/C22H20ClN3O2/c1-21(2)12-22(9-16(10-24)19(21)27)5-6-26(13-22)20(28)15-7-14-3-4-17(23)8-18(14)25-11-15/h3-4,7-9,11H,5-6,12-13H2,1-2H3/t22-/m0/s1. The predicted octanol–water partition coefficient (Wildman–Crippen LogP) is 4.17. The molecule has 1 aliphatic heterocycles. The second kappa shape index (κ2) is 6.42. The molecule has 1 aliphatic carbocycles. The first kappa shape index (κ1) is 18.6. The van der Waals surface area contributed by atoms with Crippen LogP contribution in [0.3, 0.4) is 0 Å². The lowest BCUT2D eigenvalue weighted by atomic mass is 9.64. The number of hydrogen-bond acceptors (Lipinski definition) is 4. The SMILES string of the molecule is CC1(C)C[C@@]2(C=C(C#N)C1=O)CCN(C(=O)c1cnc3cc(Cl)ccc3c1)C2. The fourth-order valence-electron chi connectivity index (χ4n) is 4.56. The maximum Gasteiger partial charge on any atom is 0.255 e. The lowest BCUT2D eigenvalue weighted by Crippen LogP contribution is -2.40. The van der Waals surface area contributed by atoms with Gasteiger partial charge in [-0.3, -0.25) is 14.6 Å². The Morgan fingerprint density at radius 1 is 1.32 bits per heavy atom. The second-order valence-electron chi connectivity index (χ2n) is 8.46. The van der Waals surface area contributed by atoms with Crippen molar-refractivity contribution >= 4 is 34.2 Å². The minimum atomic E-state index is -0.595. The third-order valence-corrected chi connectivity index (χ3v) is 6.03. The second-order valence-corrected chi connectivity index (χ2v) is 8.90. The molecule has 0 bridgehead atoms. The summed E-state index contributed by atoms with van der Waals surface area (Å²) in [4.78, 5) is 31.6. The van der Waals surface area contributed by atoms with Gasteiger partial charge in [-0.1, -0.05) is 37.6 Å². The highest BCUT2D eigenvalue weighted by Gasteiger charge is 2.48. The van der Waals surface area contributed by atoms with Gasteiger partial charge in [0.25, 0.3) is 5.91 Å². The highest BCUT2D eigenvalue weighted by atomic mass is 35.5. The quantitative estimate of drug-likeness (QED) is 0.728. The van der Waals surface area contributed by atoms with Crippen molar-refractivity contribution in [2.24, 2.45) is 10.8 Å². The number of pyridine rings is 1. The average Bonchev–Trinajstić information content (AvgIpc) is 3.06. The summed E-state index contributed by atoms with van der Waals surface area (Å²) in [6.45, 7) is 4.86. The van der Waals surface area contributed by atoms with E-state index >= 15 is 0 Å². The van der Waals surface area contributed by atoms with Crippen LogP contribution in [0.1, 0.15) is 37.0 Å². The minimum Gasteiger partial charge on any atom is -0.338 e. The van der Waals surface area contributed by atoms with Gasteiger partial charge < -0.3 is 4.90 Å². The minimum absolute atomic E-state index is 0.0807.